The van der Waals surface area contributed by atoms with Gasteiger partial charge in [0, 0.05) is 12.0 Å². The van der Waals surface area contributed by atoms with Gasteiger partial charge in [-0.05, 0) is 51.5 Å². The molecule has 0 unspecified atom stereocenters. The second kappa shape index (κ2) is 7.73. The van der Waals surface area contributed by atoms with Crippen LogP contribution in [0.25, 0.3) is 21.5 Å². The third kappa shape index (κ3) is 3.44. The Bertz CT molecular complexity index is 1330. The van der Waals surface area contributed by atoms with Crippen molar-refractivity contribution in [3.63, 3.8) is 0 Å². The van der Waals surface area contributed by atoms with Gasteiger partial charge in [0.15, 0.2) is 17.2 Å². The Morgan fingerprint density at radius 1 is 1.20 bits per heavy atom. The van der Waals surface area contributed by atoms with Crippen molar-refractivity contribution >= 4 is 50.1 Å². The van der Waals surface area contributed by atoms with Crippen molar-refractivity contribution in [2.75, 3.05) is 0 Å². The van der Waals surface area contributed by atoms with Gasteiger partial charge in [-0.25, -0.2) is 18.6 Å². The minimum Gasteiger partial charge on any atom is -0.478 e. The average molecular weight is 492 g/mol. The van der Waals surface area contributed by atoms with E-state index < -0.39 is 23.4 Å². The highest BCUT2D eigenvalue weighted by Gasteiger charge is 2.26. The van der Waals surface area contributed by atoms with Crippen molar-refractivity contribution in [2.24, 2.45) is 0 Å². The molecule has 5 nitrogen and oxygen atoms in total. The second-order valence-electron chi connectivity index (χ2n) is 6.54. The number of oxazole rings is 1. The van der Waals surface area contributed by atoms with Gasteiger partial charge in [-0.15, -0.1) is 11.3 Å². The number of thiophene rings is 1. The van der Waals surface area contributed by atoms with E-state index in [4.69, 9.17) is 4.42 Å². The van der Waals surface area contributed by atoms with E-state index in [-0.39, 0.29) is 39.4 Å². The number of nitrogens with zero attached hydrogens (tertiary/aromatic N) is 1. The number of carbonyl (C=O) groups excluding carboxylic acids is 1. The minimum absolute atomic E-state index is 0.0435. The van der Waals surface area contributed by atoms with E-state index in [1.165, 1.54) is 24.4 Å². The number of Topliss-reactive ketones (excluding diaryl/α,β-unsaturated/α-hetero) is 1. The normalized spacial score (nSPS) is 11.2. The van der Waals surface area contributed by atoms with Gasteiger partial charge in [0.2, 0.25) is 5.78 Å². The van der Waals surface area contributed by atoms with Crippen LogP contribution in [0.15, 0.2) is 44.6 Å². The van der Waals surface area contributed by atoms with Crippen LogP contribution in [0.3, 0.4) is 0 Å². The topological polar surface area (TPSA) is 80.4 Å². The Hall–Kier alpha value is -2.91. The molecule has 0 amide bonds. The van der Waals surface area contributed by atoms with Crippen LogP contribution >= 0.6 is 27.3 Å². The summed E-state index contributed by atoms with van der Waals surface area (Å²) >= 11 is 4.25. The number of aryl methyl sites for hydroxylation is 1. The fraction of sp³-hybridized carbons (Fsp3) is 0.0952. The molecule has 0 fully saturated rings. The molecular weight excluding hydrogens is 480 g/mol. The molecule has 1 N–H and O–H groups in total. The van der Waals surface area contributed by atoms with Crippen LogP contribution in [0.2, 0.25) is 0 Å². The molecule has 2 aromatic heterocycles. The molecule has 0 aliphatic heterocycles. The number of benzene rings is 2. The second-order valence-corrected chi connectivity index (χ2v) is 8.27. The van der Waals surface area contributed by atoms with Crippen LogP contribution < -0.4 is 0 Å². The van der Waals surface area contributed by atoms with E-state index in [0.29, 0.717) is 15.6 Å². The number of aromatic carboxylic acids is 1. The summed E-state index contributed by atoms with van der Waals surface area (Å²) in [5, 5.41) is 11.1. The molecule has 0 aliphatic carbocycles. The maximum atomic E-state index is 14.4. The number of para-hydroxylation sites is 1. The lowest BCUT2D eigenvalue weighted by Crippen LogP contribution is -2.08. The number of hydrogen-bond donors (Lipinski definition) is 1. The summed E-state index contributed by atoms with van der Waals surface area (Å²) in [5.74, 6) is -4.18. The Morgan fingerprint density at radius 3 is 2.67 bits per heavy atom. The summed E-state index contributed by atoms with van der Waals surface area (Å²) < 4.78 is 34.6. The van der Waals surface area contributed by atoms with Gasteiger partial charge in [-0.2, -0.15) is 0 Å². The van der Waals surface area contributed by atoms with Gasteiger partial charge in [-0.1, -0.05) is 18.2 Å². The lowest BCUT2D eigenvalue weighted by molar-refractivity contribution is 0.0697. The van der Waals surface area contributed by atoms with Crippen molar-refractivity contribution in [3.05, 3.63) is 74.4 Å². The maximum absolute atomic E-state index is 14.4. The maximum Gasteiger partial charge on any atom is 0.337 e. The van der Waals surface area contributed by atoms with Crippen molar-refractivity contribution in [3.8, 4) is 10.4 Å². The van der Waals surface area contributed by atoms with Gasteiger partial charge < -0.3 is 9.52 Å². The van der Waals surface area contributed by atoms with Crippen molar-refractivity contribution < 1.29 is 27.9 Å². The molecule has 2 aromatic carbocycles. The number of halogens is 3. The minimum atomic E-state index is -1.34. The van der Waals surface area contributed by atoms with Crippen LogP contribution in [0.1, 0.15) is 32.2 Å². The fourth-order valence-electron chi connectivity index (χ4n) is 3.06. The molecular formula is C21H12BrF2NO4S. The van der Waals surface area contributed by atoms with Crippen molar-refractivity contribution in [1.82, 2.24) is 4.98 Å². The summed E-state index contributed by atoms with van der Waals surface area (Å²) in [6, 6.07) is 7.87. The standard InChI is InChI=1S/C21H12BrF2NO4S/c1-9-5-6-11(17(24)16(9)23)19-15(21(27)28)10(8-30-19)7-14(26)20-25-13-4-2-3-12(22)18(13)29-20/h2-6,8H,7H2,1H3,(H,27,28). The lowest BCUT2D eigenvalue weighted by atomic mass is 10.0. The number of carbonyl (C=O) groups is 2. The molecule has 9 heteroatoms. The zero-order valence-electron chi connectivity index (χ0n) is 15.3. The smallest absolute Gasteiger partial charge is 0.337 e. The molecule has 2 heterocycles. The average Bonchev–Trinajstić information content (AvgIpc) is 3.31. The number of aromatic nitrogens is 1. The number of hydrogen-bond acceptors (Lipinski definition) is 5. The van der Waals surface area contributed by atoms with Gasteiger partial charge in [0.05, 0.1) is 14.9 Å². The van der Waals surface area contributed by atoms with Gasteiger partial charge in [0.25, 0.3) is 5.89 Å². The lowest BCUT2D eigenvalue weighted by Gasteiger charge is -2.06. The van der Waals surface area contributed by atoms with E-state index in [1.54, 1.807) is 18.2 Å². The summed E-state index contributed by atoms with van der Waals surface area (Å²) in [6.45, 7) is 1.41. The number of ketones is 1. The van der Waals surface area contributed by atoms with E-state index in [2.05, 4.69) is 20.9 Å². The van der Waals surface area contributed by atoms with Crippen molar-refractivity contribution in [1.29, 1.82) is 0 Å². The predicted molar refractivity (Wildman–Crippen MR) is 111 cm³/mol. The SMILES string of the molecule is Cc1ccc(-c2scc(CC(=O)c3nc4cccc(Br)c4o3)c2C(=O)O)c(F)c1F. The first-order valence-electron chi connectivity index (χ1n) is 8.64. The van der Waals surface area contributed by atoms with Crippen LogP contribution in [0.5, 0.6) is 0 Å². The molecule has 0 saturated heterocycles. The third-order valence-corrected chi connectivity index (χ3v) is 6.24. The first-order valence-corrected chi connectivity index (χ1v) is 10.3. The van der Waals surface area contributed by atoms with E-state index >= 15 is 0 Å². The summed E-state index contributed by atoms with van der Waals surface area (Å²) in [7, 11) is 0. The number of carboxylic acid groups (broad SMARTS) is 1. The summed E-state index contributed by atoms with van der Waals surface area (Å²) in [6.07, 6.45) is -0.307. The number of rotatable bonds is 5. The van der Waals surface area contributed by atoms with Gasteiger partial charge in [-0.3, -0.25) is 4.79 Å². The molecule has 0 spiro atoms. The zero-order valence-corrected chi connectivity index (χ0v) is 17.7. The van der Waals surface area contributed by atoms with E-state index in [9.17, 15) is 23.5 Å². The molecule has 0 atom stereocenters. The molecule has 152 valence electrons. The predicted octanol–water partition coefficient (Wildman–Crippen LogP) is 6.03. The van der Waals surface area contributed by atoms with E-state index in [0.717, 1.165) is 11.3 Å². The summed E-state index contributed by atoms with van der Waals surface area (Å²) in [5.41, 5.74) is 0.770. The van der Waals surface area contributed by atoms with Crippen LogP contribution in [0, 0.1) is 18.6 Å². The monoisotopic (exact) mass is 491 g/mol. The Kier molecular flexibility index (Phi) is 5.25. The molecule has 0 saturated carbocycles. The van der Waals surface area contributed by atoms with Crippen molar-refractivity contribution in [2.45, 2.75) is 13.3 Å². The Morgan fingerprint density at radius 2 is 1.97 bits per heavy atom. The Labute approximate surface area is 181 Å². The fourth-order valence-corrected chi connectivity index (χ4v) is 4.58. The first-order chi connectivity index (χ1) is 14.3. The third-order valence-electron chi connectivity index (χ3n) is 4.56. The van der Waals surface area contributed by atoms with Crippen LogP contribution in [0.4, 0.5) is 8.78 Å². The molecule has 4 rings (SSSR count). The quantitative estimate of drug-likeness (QED) is 0.344. The zero-order chi connectivity index (χ0) is 21.6. The van der Waals surface area contributed by atoms with Crippen LogP contribution in [-0.4, -0.2) is 21.8 Å². The first kappa shape index (κ1) is 20.4. The van der Waals surface area contributed by atoms with Gasteiger partial charge >= 0.3 is 5.97 Å². The molecule has 0 aliphatic rings. The highest BCUT2D eigenvalue weighted by Crippen LogP contribution is 2.36. The molecule has 4 aromatic rings. The molecule has 30 heavy (non-hydrogen) atoms. The Balaban J connectivity index is 1.73. The number of carboxylic acids is 1. The van der Waals surface area contributed by atoms with E-state index in [1.807, 2.05) is 0 Å². The highest BCUT2D eigenvalue weighted by atomic mass is 79.9. The van der Waals surface area contributed by atoms with Gasteiger partial charge in [0.1, 0.15) is 5.52 Å². The number of fused-ring (bicyclic) bond motifs is 1. The summed E-state index contributed by atoms with van der Waals surface area (Å²) in [4.78, 5) is 28.8. The largest absolute Gasteiger partial charge is 0.478 e. The molecule has 0 bridgehead atoms. The van der Waals surface area contributed by atoms with Crippen LogP contribution in [-0.2, 0) is 6.42 Å². The molecule has 0 radical (unpaired) electrons. The highest BCUT2D eigenvalue weighted by molar-refractivity contribution is 9.10.